The fourth-order valence-electron chi connectivity index (χ4n) is 3.86. The van der Waals surface area contributed by atoms with Crippen molar-refractivity contribution in [1.82, 2.24) is 0 Å². The van der Waals surface area contributed by atoms with Crippen molar-refractivity contribution in [2.45, 2.75) is 75.8 Å². The Morgan fingerprint density at radius 1 is 0.913 bits per heavy atom. The molecule has 2 saturated carbocycles. The summed E-state index contributed by atoms with van der Waals surface area (Å²) >= 11 is 0. The summed E-state index contributed by atoms with van der Waals surface area (Å²) in [5.41, 5.74) is 13.5. The maximum Gasteiger partial charge on any atom is 0.186 e. The molecule has 3 rings (SSSR count). The molecule has 0 aliphatic heterocycles. The molecule has 23 heavy (non-hydrogen) atoms. The Bertz CT molecular complexity index is 505. The van der Waals surface area contributed by atoms with Gasteiger partial charge in [-0.1, -0.05) is 44.2 Å². The number of nitrogens with zero attached hydrogens (tertiary/aromatic N) is 1. The lowest BCUT2D eigenvalue weighted by Crippen LogP contribution is -2.31. The first-order valence-corrected chi connectivity index (χ1v) is 9.16. The summed E-state index contributed by atoms with van der Waals surface area (Å²) in [7, 11) is 0. The number of anilines is 1. The quantitative estimate of drug-likeness (QED) is 0.585. The number of hydrogen-bond donors (Lipinski definition) is 3. The summed E-state index contributed by atoms with van der Waals surface area (Å²) < 4.78 is 0. The molecule has 4 heteroatoms. The molecule has 0 saturated heterocycles. The Kier molecular flexibility index (Phi) is 5.42. The minimum Gasteiger partial charge on any atom is -0.382 e. The van der Waals surface area contributed by atoms with Gasteiger partial charge in [0.25, 0.3) is 0 Å². The van der Waals surface area contributed by atoms with E-state index in [1.807, 2.05) is 0 Å². The molecule has 5 N–H and O–H groups in total. The van der Waals surface area contributed by atoms with Gasteiger partial charge < -0.3 is 16.8 Å². The van der Waals surface area contributed by atoms with E-state index in [0.29, 0.717) is 18.0 Å². The van der Waals surface area contributed by atoms with Crippen molar-refractivity contribution in [2.75, 3.05) is 5.32 Å². The lowest BCUT2D eigenvalue weighted by Gasteiger charge is -2.33. The van der Waals surface area contributed by atoms with Gasteiger partial charge in [-0.2, -0.15) is 0 Å². The van der Waals surface area contributed by atoms with Gasteiger partial charge in [0, 0.05) is 11.7 Å². The van der Waals surface area contributed by atoms with Crippen LogP contribution < -0.4 is 16.8 Å². The van der Waals surface area contributed by atoms with Crippen LogP contribution >= 0.6 is 0 Å². The van der Waals surface area contributed by atoms with E-state index in [0.717, 1.165) is 12.8 Å². The van der Waals surface area contributed by atoms with Crippen LogP contribution in [0.3, 0.4) is 0 Å². The van der Waals surface area contributed by atoms with E-state index in [4.69, 9.17) is 11.5 Å². The Labute approximate surface area is 139 Å². The molecule has 0 unspecified atom stereocenters. The van der Waals surface area contributed by atoms with Crippen LogP contribution in [0.15, 0.2) is 29.3 Å². The molecular formula is C19H30N4. The zero-order valence-electron chi connectivity index (χ0n) is 14.0. The largest absolute Gasteiger partial charge is 0.382 e. The van der Waals surface area contributed by atoms with E-state index in [1.54, 1.807) is 0 Å². The van der Waals surface area contributed by atoms with Gasteiger partial charge in [-0.3, -0.25) is 4.99 Å². The van der Waals surface area contributed by atoms with Crippen LogP contribution in [0.1, 0.15) is 69.3 Å². The molecule has 2 aliphatic rings. The number of aliphatic imine (C=N–C) groups is 1. The average Bonchev–Trinajstić information content (AvgIpc) is 2.46. The summed E-state index contributed by atoms with van der Waals surface area (Å²) in [6.45, 7) is 0. The molecule has 0 bridgehead atoms. The van der Waals surface area contributed by atoms with Crippen molar-refractivity contribution in [3.05, 3.63) is 29.8 Å². The minimum absolute atomic E-state index is 0.215. The summed E-state index contributed by atoms with van der Waals surface area (Å²) in [6.07, 6.45) is 11.7. The van der Waals surface area contributed by atoms with E-state index < -0.39 is 0 Å². The molecule has 2 fully saturated rings. The van der Waals surface area contributed by atoms with Gasteiger partial charge >= 0.3 is 0 Å². The lowest BCUT2D eigenvalue weighted by molar-refractivity contribution is 0.353. The number of benzene rings is 1. The standard InChI is InChI=1S/C19H30N4/c20-19(21)23-18-12-15(13-18)14-8-10-17(11-9-14)22-16-6-4-2-1-3-5-7-16/h8-11,15-16,18,22H,1-7,12-13H2,(H4,20,21,23). The van der Waals surface area contributed by atoms with E-state index in [1.165, 1.54) is 56.2 Å². The minimum atomic E-state index is 0.215. The second-order valence-electron chi connectivity index (χ2n) is 7.18. The summed E-state index contributed by atoms with van der Waals surface area (Å²) in [4.78, 5) is 4.23. The molecule has 0 heterocycles. The second kappa shape index (κ2) is 7.71. The molecule has 1 aromatic carbocycles. The van der Waals surface area contributed by atoms with Crippen LogP contribution in [0.5, 0.6) is 0 Å². The first kappa shape index (κ1) is 16.2. The van der Waals surface area contributed by atoms with E-state index in [-0.39, 0.29) is 5.96 Å². The first-order valence-electron chi connectivity index (χ1n) is 9.16. The van der Waals surface area contributed by atoms with Crippen molar-refractivity contribution < 1.29 is 0 Å². The monoisotopic (exact) mass is 314 g/mol. The fourth-order valence-corrected chi connectivity index (χ4v) is 3.86. The number of nitrogens with one attached hydrogen (secondary N) is 1. The second-order valence-corrected chi connectivity index (χ2v) is 7.18. The highest BCUT2D eigenvalue weighted by Crippen LogP contribution is 2.39. The van der Waals surface area contributed by atoms with E-state index in [2.05, 4.69) is 34.6 Å². The van der Waals surface area contributed by atoms with E-state index >= 15 is 0 Å². The third-order valence-corrected chi connectivity index (χ3v) is 5.30. The third kappa shape index (κ3) is 4.63. The smallest absolute Gasteiger partial charge is 0.186 e. The summed E-state index contributed by atoms with van der Waals surface area (Å²) in [5.74, 6) is 0.825. The highest BCUT2D eigenvalue weighted by atomic mass is 15.0. The molecule has 4 nitrogen and oxygen atoms in total. The normalized spacial score (nSPS) is 25.7. The number of rotatable bonds is 4. The molecule has 0 aromatic heterocycles. The third-order valence-electron chi connectivity index (χ3n) is 5.30. The van der Waals surface area contributed by atoms with Crippen molar-refractivity contribution >= 4 is 11.6 Å². The zero-order valence-corrected chi connectivity index (χ0v) is 14.0. The van der Waals surface area contributed by atoms with Crippen LogP contribution in [0.25, 0.3) is 0 Å². The van der Waals surface area contributed by atoms with Gasteiger partial charge in [0.1, 0.15) is 0 Å². The van der Waals surface area contributed by atoms with Crippen LogP contribution in [0.2, 0.25) is 0 Å². The molecular weight excluding hydrogens is 284 g/mol. The van der Waals surface area contributed by atoms with Crippen molar-refractivity contribution in [2.24, 2.45) is 16.5 Å². The maximum absolute atomic E-state index is 5.44. The fraction of sp³-hybridized carbons (Fsp3) is 0.632. The Morgan fingerprint density at radius 2 is 1.52 bits per heavy atom. The summed E-state index contributed by atoms with van der Waals surface area (Å²) in [5, 5.41) is 3.73. The topological polar surface area (TPSA) is 76.4 Å². The number of nitrogens with two attached hydrogens (primary N) is 2. The predicted molar refractivity (Wildman–Crippen MR) is 97.7 cm³/mol. The van der Waals surface area contributed by atoms with Gasteiger partial charge in [0.15, 0.2) is 5.96 Å². The molecule has 1 aromatic rings. The van der Waals surface area contributed by atoms with Gasteiger partial charge in [0.05, 0.1) is 6.04 Å². The van der Waals surface area contributed by atoms with Crippen LogP contribution in [-0.2, 0) is 0 Å². The molecule has 2 aliphatic carbocycles. The SMILES string of the molecule is NC(N)=NC1CC(c2ccc(NC3CCCCCCC3)cc2)C1. The van der Waals surface area contributed by atoms with Gasteiger partial charge in [-0.25, -0.2) is 0 Å². The highest BCUT2D eigenvalue weighted by molar-refractivity contribution is 5.76. The van der Waals surface area contributed by atoms with Crippen molar-refractivity contribution in [3.63, 3.8) is 0 Å². The zero-order chi connectivity index (χ0) is 16.1. The Hall–Kier alpha value is -1.71. The van der Waals surface area contributed by atoms with Crippen molar-refractivity contribution in [3.8, 4) is 0 Å². The van der Waals surface area contributed by atoms with Gasteiger partial charge in [0.2, 0.25) is 0 Å². The molecule has 0 amide bonds. The summed E-state index contributed by atoms with van der Waals surface area (Å²) in [6, 6.07) is 9.97. The lowest BCUT2D eigenvalue weighted by atomic mass is 9.76. The Balaban J connectivity index is 1.50. The van der Waals surface area contributed by atoms with Gasteiger partial charge in [-0.05, 0) is 49.3 Å². The molecule has 0 spiro atoms. The molecule has 0 atom stereocenters. The van der Waals surface area contributed by atoms with Gasteiger partial charge in [-0.15, -0.1) is 0 Å². The van der Waals surface area contributed by atoms with Crippen LogP contribution in [0, 0.1) is 0 Å². The first-order chi connectivity index (χ1) is 11.2. The maximum atomic E-state index is 5.44. The predicted octanol–water partition coefficient (Wildman–Crippen LogP) is 3.73. The Morgan fingerprint density at radius 3 is 2.13 bits per heavy atom. The van der Waals surface area contributed by atoms with E-state index in [9.17, 15) is 0 Å². The molecule has 126 valence electrons. The van der Waals surface area contributed by atoms with Crippen LogP contribution in [0.4, 0.5) is 5.69 Å². The van der Waals surface area contributed by atoms with Crippen molar-refractivity contribution in [1.29, 1.82) is 0 Å². The number of guanidine groups is 1. The van der Waals surface area contributed by atoms with Crippen LogP contribution in [-0.4, -0.2) is 18.0 Å². The molecule has 0 radical (unpaired) electrons. The highest BCUT2D eigenvalue weighted by Gasteiger charge is 2.30. The number of hydrogen-bond acceptors (Lipinski definition) is 2. The average molecular weight is 314 g/mol.